The van der Waals surface area contributed by atoms with E-state index in [-0.39, 0.29) is 5.91 Å². The van der Waals surface area contributed by atoms with Gasteiger partial charge in [0, 0.05) is 23.9 Å². The van der Waals surface area contributed by atoms with Crippen molar-refractivity contribution in [1.82, 2.24) is 9.78 Å². The number of nitrogens with one attached hydrogen (secondary N) is 1. The van der Waals surface area contributed by atoms with Crippen molar-refractivity contribution in [2.75, 3.05) is 12.4 Å². The highest BCUT2D eigenvalue weighted by molar-refractivity contribution is 6.42. The normalized spacial score (nSPS) is 11.0. The number of methoxy groups -OCH3 is 1. The van der Waals surface area contributed by atoms with E-state index >= 15 is 0 Å². The third-order valence-electron chi connectivity index (χ3n) is 5.34. The zero-order valence-corrected chi connectivity index (χ0v) is 21.4. The lowest BCUT2D eigenvalue weighted by atomic mass is 10.1. The van der Waals surface area contributed by atoms with Gasteiger partial charge in [0.15, 0.2) is 5.82 Å². The Labute approximate surface area is 220 Å². The summed E-state index contributed by atoms with van der Waals surface area (Å²) < 4.78 is 13.1. The predicted molar refractivity (Wildman–Crippen MR) is 144 cm³/mol. The number of nitrogens with zero attached hydrogens (tertiary/aromatic N) is 2. The molecule has 0 spiro atoms. The van der Waals surface area contributed by atoms with Gasteiger partial charge in [0.1, 0.15) is 18.1 Å². The first kappa shape index (κ1) is 25.4. The number of aromatic nitrogens is 2. The summed E-state index contributed by atoms with van der Waals surface area (Å²) in [6, 6.07) is 20.7. The van der Waals surface area contributed by atoms with Gasteiger partial charge < -0.3 is 14.8 Å². The number of hydrogen-bond donors (Lipinski definition) is 1. The van der Waals surface area contributed by atoms with E-state index in [1.807, 2.05) is 55.5 Å². The van der Waals surface area contributed by atoms with Crippen LogP contribution in [0.3, 0.4) is 0 Å². The number of rotatable bonds is 9. The Morgan fingerprint density at radius 1 is 1.06 bits per heavy atom. The molecule has 1 heterocycles. The lowest BCUT2D eigenvalue weighted by molar-refractivity contribution is -0.111. The van der Waals surface area contributed by atoms with Crippen LogP contribution in [0.5, 0.6) is 11.5 Å². The molecular formula is C28H25Cl2N3O3. The minimum absolute atomic E-state index is 0.289. The number of halogens is 2. The van der Waals surface area contributed by atoms with Crippen molar-refractivity contribution in [2.45, 2.75) is 20.1 Å². The molecule has 1 aromatic heterocycles. The summed E-state index contributed by atoms with van der Waals surface area (Å²) in [6.07, 6.45) is 4.98. The summed E-state index contributed by atoms with van der Waals surface area (Å²) in [4.78, 5) is 12.5. The van der Waals surface area contributed by atoms with Crippen LogP contribution in [0.15, 0.2) is 79.0 Å². The number of hydrogen-bond acceptors (Lipinski definition) is 4. The third kappa shape index (κ3) is 6.90. The number of benzene rings is 3. The van der Waals surface area contributed by atoms with Crippen LogP contribution in [0.2, 0.25) is 10.0 Å². The van der Waals surface area contributed by atoms with E-state index in [0.29, 0.717) is 29.0 Å². The molecule has 0 aliphatic heterocycles. The molecule has 0 aliphatic rings. The van der Waals surface area contributed by atoms with Gasteiger partial charge in [0.05, 0.1) is 23.7 Å². The van der Waals surface area contributed by atoms with Crippen LogP contribution in [0.25, 0.3) is 6.08 Å². The molecule has 6 nitrogen and oxygen atoms in total. The summed E-state index contributed by atoms with van der Waals surface area (Å²) in [5.74, 6) is 1.67. The molecule has 0 atom stereocenters. The summed E-state index contributed by atoms with van der Waals surface area (Å²) in [7, 11) is 1.62. The fourth-order valence-corrected chi connectivity index (χ4v) is 3.88. The highest BCUT2D eigenvalue weighted by Crippen LogP contribution is 2.24. The van der Waals surface area contributed by atoms with E-state index in [1.54, 1.807) is 42.3 Å². The van der Waals surface area contributed by atoms with Gasteiger partial charge in [0.25, 0.3) is 0 Å². The number of carbonyl (C=O) groups excluding carboxylic acids is 1. The number of ether oxygens (including phenoxy) is 2. The van der Waals surface area contributed by atoms with Gasteiger partial charge in [-0.25, -0.2) is 0 Å². The van der Waals surface area contributed by atoms with Gasteiger partial charge in [-0.1, -0.05) is 47.5 Å². The monoisotopic (exact) mass is 521 g/mol. The molecular weight excluding hydrogens is 497 g/mol. The number of carbonyl (C=O) groups is 1. The molecule has 0 radical (unpaired) electrons. The first-order valence-corrected chi connectivity index (χ1v) is 12.0. The van der Waals surface area contributed by atoms with Crippen molar-refractivity contribution >= 4 is 41.0 Å². The van der Waals surface area contributed by atoms with E-state index in [2.05, 4.69) is 10.4 Å². The van der Waals surface area contributed by atoms with Gasteiger partial charge in [-0.3, -0.25) is 9.48 Å². The number of amides is 1. The number of anilines is 1. The SMILES string of the molecule is COc1ccc(/C=C/C(=O)Nc2ccn(Cc3ccc(Cl)c(Cl)c3)n2)cc1COc1cccc(C)c1. The molecule has 4 rings (SSSR count). The van der Waals surface area contributed by atoms with E-state index < -0.39 is 0 Å². The van der Waals surface area contributed by atoms with Gasteiger partial charge in [0.2, 0.25) is 5.91 Å². The van der Waals surface area contributed by atoms with E-state index in [0.717, 1.165) is 33.8 Å². The van der Waals surface area contributed by atoms with Crippen LogP contribution in [0.4, 0.5) is 5.82 Å². The average Bonchev–Trinajstić information content (AvgIpc) is 3.30. The van der Waals surface area contributed by atoms with E-state index in [1.165, 1.54) is 6.08 Å². The van der Waals surface area contributed by atoms with E-state index in [9.17, 15) is 4.79 Å². The van der Waals surface area contributed by atoms with Crippen molar-refractivity contribution in [3.05, 3.63) is 111 Å². The van der Waals surface area contributed by atoms with Crippen LogP contribution in [-0.2, 0) is 17.9 Å². The quantitative estimate of drug-likeness (QED) is 0.246. The van der Waals surface area contributed by atoms with Crippen LogP contribution >= 0.6 is 23.2 Å². The van der Waals surface area contributed by atoms with Gasteiger partial charge >= 0.3 is 0 Å². The molecule has 0 aliphatic carbocycles. The van der Waals surface area contributed by atoms with Crippen LogP contribution in [-0.4, -0.2) is 22.8 Å². The highest BCUT2D eigenvalue weighted by Gasteiger charge is 2.07. The molecule has 36 heavy (non-hydrogen) atoms. The lowest BCUT2D eigenvalue weighted by Crippen LogP contribution is -2.09. The maximum absolute atomic E-state index is 12.5. The van der Waals surface area contributed by atoms with Crippen molar-refractivity contribution in [2.24, 2.45) is 0 Å². The molecule has 8 heteroatoms. The molecule has 0 saturated heterocycles. The Morgan fingerprint density at radius 2 is 1.92 bits per heavy atom. The average molecular weight is 522 g/mol. The lowest BCUT2D eigenvalue weighted by Gasteiger charge is -2.11. The fraction of sp³-hybridized carbons (Fsp3) is 0.143. The Balaban J connectivity index is 1.37. The van der Waals surface area contributed by atoms with Crippen LogP contribution in [0, 0.1) is 6.92 Å². The molecule has 1 N–H and O–H groups in total. The smallest absolute Gasteiger partial charge is 0.249 e. The summed E-state index contributed by atoms with van der Waals surface area (Å²) in [6.45, 7) is 2.86. The Morgan fingerprint density at radius 3 is 2.69 bits per heavy atom. The molecule has 0 unspecified atom stereocenters. The second kappa shape index (κ2) is 11.8. The molecule has 0 saturated carbocycles. The van der Waals surface area contributed by atoms with Crippen LogP contribution < -0.4 is 14.8 Å². The number of aryl methyl sites for hydroxylation is 1. The van der Waals surface area contributed by atoms with E-state index in [4.69, 9.17) is 32.7 Å². The molecule has 1 amide bonds. The standard InChI is InChI=1S/C28H25Cl2N3O3/c1-19-4-3-5-23(14-19)36-18-22-15-20(7-10-26(22)35-2)8-11-28(34)31-27-12-13-33(32-27)17-21-6-9-24(29)25(30)16-21/h3-16H,17-18H2,1-2H3,(H,31,32,34)/b11-8+. The second-order valence-corrected chi connectivity index (χ2v) is 8.96. The third-order valence-corrected chi connectivity index (χ3v) is 6.08. The topological polar surface area (TPSA) is 65.4 Å². The zero-order valence-electron chi connectivity index (χ0n) is 19.9. The summed E-state index contributed by atoms with van der Waals surface area (Å²) >= 11 is 12.0. The molecule has 0 fully saturated rings. The van der Waals surface area contributed by atoms with Gasteiger partial charge in [-0.15, -0.1) is 0 Å². The summed E-state index contributed by atoms with van der Waals surface area (Å²) in [5, 5.41) is 8.16. The van der Waals surface area contributed by atoms with Crippen molar-refractivity contribution in [1.29, 1.82) is 0 Å². The van der Waals surface area contributed by atoms with Crippen molar-refractivity contribution in [3.8, 4) is 11.5 Å². The Bertz CT molecular complexity index is 1400. The summed E-state index contributed by atoms with van der Waals surface area (Å²) in [5.41, 5.74) is 3.80. The maximum Gasteiger partial charge on any atom is 0.249 e. The fourth-order valence-electron chi connectivity index (χ4n) is 3.56. The molecule has 0 bridgehead atoms. The highest BCUT2D eigenvalue weighted by atomic mass is 35.5. The maximum atomic E-state index is 12.5. The minimum Gasteiger partial charge on any atom is -0.496 e. The van der Waals surface area contributed by atoms with Crippen molar-refractivity contribution < 1.29 is 14.3 Å². The van der Waals surface area contributed by atoms with Crippen LogP contribution in [0.1, 0.15) is 22.3 Å². The Kier molecular flexibility index (Phi) is 8.31. The van der Waals surface area contributed by atoms with Gasteiger partial charge in [-0.2, -0.15) is 5.10 Å². The van der Waals surface area contributed by atoms with Gasteiger partial charge in [-0.05, 0) is 66.1 Å². The van der Waals surface area contributed by atoms with Crippen molar-refractivity contribution in [3.63, 3.8) is 0 Å². The Hall–Kier alpha value is -3.74. The largest absolute Gasteiger partial charge is 0.496 e. The molecule has 184 valence electrons. The molecule has 4 aromatic rings. The second-order valence-electron chi connectivity index (χ2n) is 8.15. The predicted octanol–water partition coefficient (Wildman–Crippen LogP) is 6.79. The molecule has 3 aromatic carbocycles. The zero-order chi connectivity index (χ0) is 25.5. The first-order valence-electron chi connectivity index (χ1n) is 11.2. The minimum atomic E-state index is -0.289. The first-order chi connectivity index (χ1) is 17.4.